The number of nitrogens with zero attached hydrogens (tertiary/aromatic N) is 3. The summed E-state index contributed by atoms with van der Waals surface area (Å²) in [6, 6.07) is 40.5. The third kappa shape index (κ3) is 3.25. The van der Waals surface area contributed by atoms with Gasteiger partial charge in [0.2, 0.25) is 0 Å². The summed E-state index contributed by atoms with van der Waals surface area (Å²) in [5, 5.41) is 3.53. The number of fused-ring (bicyclic) bond motifs is 8. The van der Waals surface area contributed by atoms with E-state index in [1.807, 2.05) is 12.1 Å². The van der Waals surface area contributed by atoms with E-state index in [0.29, 0.717) is 0 Å². The summed E-state index contributed by atoms with van der Waals surface area (Å²) in [4.78, 5) is 5.07. The van der Waals surface area contributed by atoms with Crippen molar-refractivity contribution in [3.8, 4) is 22.8 Å². The summed E-state index contributed by atoms with van der Waals surface area (Å²) in [5.74, 6) is 0.936. The Morgan fingerprint density at radius 2 is 1.44 bits per heavy atom. The predicted molar refractivity (Wildman–Crippen MR) is 168 cm³/mol. The topological polar surface area (TPSA) is 35.9 Å². The Kier molecular flexibility index (Phi) is 4.70. The zero-order valence-corrected chi connectivity index (χ0v) is 22.3. The van der Waals surface area contributed by atoms with Crippen LogP contribution in [0.5, 0.6) is 0 Å². The highest BCUT2D eigenvalue weighted by Crippen LogP contribution is 2.41. The van der Waals surface area contributed by atoms with Gasteiger partial charge in [0.15, 0.2) is 5.58 Å². The van der Waals surface area contributed by atoms with Gasteiger partial charge in [0, 0.05) is 44.4 Å². The molecule has 4 heteroatoms. The Balaban J connectivity index is 1.35. The number of rotatable bonds is 3. The molecule has 9 rings (SSSR count). The molecule has 0 saturated carbocycles. The van der Waals surface area contributed by atoms with E-state index in [2.05, 4.69) is 124 Å². The van der Waals surface area contributed by atoms with E-state index in [4.69, 9.17) is 9.40 Å². The Hall–Kier alpha value is -5.35. The van der Waals surface area contributed by atoms with Crippen LogP contribution in [-0.2, 0) is 6.42 Å². The molecule has 8 aromatic rings. The quantitative estimate of drug-likeness (QED) is 0.229. The fourth-order valence-corrected chi connectivity index (χ4v) is 6.60. The molecule has 0 fully saturated rings. The predicted octanol–water partition coefficient (Wildman–Crippen LogP) is 9.50. The van der Waals surface area contributed by atoms with Crippen molar-refractivity contribution in [3.63, 3.8) is 0 Å². The fraction of sp³-hybridized carbons (Fsp3) is 0.0541. The van der Waals surface area contributed by atoms with E-state index in [-0.39, 0.29) is 0 Å². The van der Waals surface area contributed by atoms with Crippen LogP contribution in [-0.4, -0.2) is 14.1 Å². The first-order chi connectivity index (χ1) is 20.3. The lowest BCUT2D eigenvalue weighted by atomic mass is 10.0. The molecule has 3 aromatic heterocycles. The molecule has 3 heterocycles. The molecule has 0 saturated heterocycles. The molecule has 41 heavy (non-hydrogen) atoms. The van der Waals surface area contributed by atoms with Crippen molar-refractivity contribution in [2.24, 2.45) is 0 Å². The van der Waals surface area contributed by atoms with Gasteiger partial charge >= 0.3 is 0 Å². The maximum atomic E-state index is 6.58. The van der Waals surface area contributed by atoms with Crippen molar-refractivity contribution in [3.05, 3.63) is 133 Å². The molecule has 0 bridgehead atoms. The number of benzene rings is 5. The van der Waals surface area contributed by atoms with Gasteiger partial charge < -0.3 is 8.98 Å². The second-order valence-electron chi connectivity index (χ2n) is 10.7. The molecule has 0 amide bonds. The summed E-state index contributed by atoms with van der Waals surface area (Å²) in [6.45, 7) is 0. The zero-order chi connectivity index (χ0) is 26.9. The summed E-state index contributed by atoms with van der Waals surface area (Å²) in [7, 11) is 0. The van der Waals surface area contributed by atoms with Crippen LogP contribution in [0.3, 0.4) is 0 Å². The second-order valence-corrected chi connectivity index (χ2v) is 10.7. The molecule has 194 valence electrons. The molecule has 5 aromatic carbocycles. The molecule has 1 aliphatic rings. The van der Waals surface area contributed by atoms with E-state index < -0.39 is 0 Å². The van der Waals surface area contributed by atoms with Crippen LogP contribution < -0.4 is 0 Å². The van der Waals surface area contributed by atoms with Crippen LogP contribution in [0.25, 0.3) is 72.7 Å². The Labute approximate surface area is 236 Å². The van der Waals surface area contributed by atoms with Crippen LogP contribution in [0.15, 0.2) is 126 Å². The van der Waals surface area contributed by atoms with E-state index in [1.165, 1.54) is 16.6 Å². The second kappa shape index (κ2) is 8.57. The molecule has 0 unspecified atom stereocenters. The number of aromatic nitrogens is 3. The van der Waals surface area contributed by atoms with Crippen LogP contribution in [0.2, 0.25) is 0 Å². The average molecular weight is 528 g/mol. The van der Waals surface area contributed by atoms with E-state index in [1.54, 1.807) is 0 Å². The number of furan rings is 1. The Morgan fingerprint density at radius 1 is 0.659 bits per heavy atom. The van der Waals surface area contributed by atoms with Crippen molar-refractivity contribution < 1.29 is 4.42 Å². The molecule has 0 radical (unpaired) electrons. The normalized spacial score (nSPS) is 13.1. The van der Waals surface area contributed by atoms with Gasteiger partial charge in [0.05, 0.1) is 16.6 Å². The van der Waals surface area contributed by atoms with Crippen molar-refractivity contribution in [2.45, 2.75) is 12.8 Å². The smallest absolute Gasteiger partial charge is 0.160 e. The molecule has 0 spiro atoms. The van der Waals surface area contributed by atoms with Gasteiger partial charge in [-0.3, -0.25) is 4.57 Å². The van der Waals surface area contributed by atoms with E-state index in [9.17, 15) is 0 Å². The highest BCUT2D eigenvalue weighted by atomic mass is 16.3. The van der Waals surface area contributed by atoms with Crippen molar-refractivity contribution in [2.75, 3.05) is 0 Å². The largest absolute Gasteiger partial charge is 0.454 e. The molecule has 1 aliphatic carbocycles. The molecule has 4 nitrogen and oxygen atoms in total. The first-order valence-corrected chi connectivity index (χ1v) is 14.1. The molecular weight excluding hydrogens is 502 g/mol. The van der Waals surface area contributed by atoms with Gasteiger partial charge in [-0.25, -0.2) is 4.98 Å². The minimum Gasteiger partial charge on any atom is -0.454 e. The highest BCUT2D eigenvalue weighted by Gasteiger charge is 2.23. The first-order valence-electron chi connectivity index (χ1n) is 14.1. The minimum absolute atomic E-state index is 0.919. The summed E-state index contributed by atoms with van der Waals surface area (Å²) >= 11 is 0. The standard InChI is InChI=1S/C37H25N3O/c1-2-11-24(12-3-1)37-38-31-17-6-8-19-33(31)40(37)26-14-10-13-25(23-26)39-32-18-7-4-15-27(32)29-21-22-30-28-16-5-9-20-34(28)41-36(30)35(29)39/h1-6,8-17,19-23H,7,18H2. The van der Waals surface area contributed by atoms with Gasteiger partial charge in [-0.1, -0.05) is 84.9 Å². The third-order valence-corrected chi connectivity index (χ3v) is 8.39. The van der Waals surface area contributed by atoms with Gasteiger partial charge in [0.1, 0.15) is 11.4 Å². The summed E-state index contributed by atoms with van der Waals surface area (Å²) in [5.41, 5.74) is 11.0. The number of hydrogen-bond acceptors (Lipinski definition) is 2. The van der Waals surface area contributed by atoms with Crippen LogP contribution >= 0.6 is 0 Å². The zero-order valence-electron chi connectivity index (χ0n) is 22.3. The lowest BCUT2D eigenvalue weighted by molar-refractivity contribution is 0.670. The Morgan fingerprint density at radius 3 is 2.37 bits per heavy atom. The van der Waals surface area contributed by atoms with Gasteiger partial charge in [0.25, 0.3) is 0 Å². The van der Waals surface area contributed by atoms with Gasteiger partial charge in [-0.2, -0.15) is 0 Å². The number of hydrogen-bond donors (Lipinski definition) is 0. The Bertz CT molecular complexity index is 2310. The minimum atomic E-state index is 0.919. The summed E-state index contributed by atoms with van der Waals surface area (Å²) in [6.07, 6.45) is 6.58. The lowest BCUT2D eigenvalue weighted by Gasteiger charge is -2.16. The highest BCUT2D eigenvalue weighted by molar-refractivity contribution is 6.16. The number of allylic oxidation sites excluding steroid dienone is 1. The van der Waals surface area contributed by atoms with Gasteiger partial charge in [-0.05, 0) is 55.3 Å². The van der Waals surface area contributed by atoms with E-state index in [0.717, 1.165) is 74.1 Å². The maximum absolute atomic E-state index is 6.58. The molecule has 0 aliphatic heterocycles. The van der Waals surface area contributed by atoms with Gasteiger partial charge in [-0.15, -0.1) is 0 Å². The van der Waals surface area contributed by atoms with Crippen molar-refractivity contribution in [1.29, 1.82) is 0 Å². The third-order valence-electron chi connectivity index (χ3n) is 8.39. The number of para-hydroxylation sites is 3. The van der Waals surface area contributed by atoms with Crippen molar-refractivity contribution >= 4 is 50.0 Å². The fourth-order valence-electron chi connectivity index (χ4n) is 6.60. The van der Waals surface area contributed by atoms with Crippen LogP contribution in [0.4, 0.5) is 0 Å². The number of imidazole rings is 1. The van der Waals surface area contributed by atoms with Crippen LogP contribution in [0.1, 0.15) is 17.7 Å². The average Bonchev–Trinajstić information content (AvgIpc) is 3.71. The van der Waals surface area contributed by atoms with Crippen LogP contribution in [0, 0.1) is 0 Å². The van der Waals surface area contributed by atoms with E-state index >= 15 is 0 Å². The SMILES string of the molecule is C1=Cc2c(n(-c3cccc(-n4c(-c5ccccc5)nc5ccccc54)c3)c3c2ccc2c4ccccc4oc23)CC1. The molecule has 0 N–H and O–H groups in total. The lowest BCUT2D eigenvalue weighted by Crippen LogP contribution is -2.05. The van der Waals surface area contributed by atoms with Crippen molar-refractivity contribution in [1.82, 2.24) is 14.1 Å². The monoisotopic (exact) mass is 527 g/mol. The molecular formula is C37H25N3O. The maximum Gasteiger partial charge on any atom is 0.160 e. The first kappa shape index (κ1) is 22.5. The molecule has 0 atom stereocenters. The summed E-state index contributed by atoms with van der Waals surface area (Å²) < 4.78 is 11.3.